The Bertz CT molecular complexity index is 1290. The normalized spacial score (nSPS) is 14.1. The second kappa shape index (κ2) is 11.5. The van der Waals surface area contributed by atoms with Crippen LogP contribution in [-0.4, -0.2) is 38.6 Å². The zero-order valence-corrected chi connectivity index (χ0v) is 22.4. The number of aryl methyl sites for hydroxylation is 1. The molecule has 1 fully saturated rings. The number of anilines is 1. The van der Waals surface area contributed by atoms with Crippen LogP contribution in [0.5, 0.6) is 0 Å². The number of benzene rings is 3. The maximum Gasteiger partial charge on any atom is 0.261 e. The molecule has 0 aliphatic carbocycles. The third-order valence-electron chi connectivity index (χ3n) is 6.04. The average molecular weight is 527 g/mol. The molecule has 5 nitrogen and oxygen atoms in total. The van der Waals surface area contributed by atoms with Gasteiger partial charge in [0, 0.05) is 28.6 Å². The molecular formula is C27H30N2O3S3. The molecular weight excluding hydrogens is 497 g/mol. The number of carbonyl (C=O) groups excluding carboxylic acids is 1. The molecule has 0 radical (unpaired) electrons. The summed E-state index contributed by atoms with van der Waals surface area (Å²) in [4.78, 5) is 17.1. The van der Waals surface area contributed by atoms with E-state index in [2.05, 4.69) is 16.9 Å². The molecule has 0 unspecified atom stereocenters. The van der Waals surface area contributed by atoms with Crippen LogP contribution in [0.2, 0.25) is 0 Å². The Labute approximate surface area is 216 Å². The topological polar surface area (TPSA) is 66.5 Å². The maximum atomic E-state index is 13.3. The van der Waals surface area contributed by atoms with Gasteiger partial charge in [0.15, 0.2) is 0 Å². The number of rotatable bonds is 8. The number of sulfonamides is 1. The molecule has 3 aromatic rings. The van der Waals surface area contributed by atoms with Crippen LogP contribution in [0.25, 0.3) is 0 Å². The van der Waals surface area contributed by atoms with Gasteiger partial charge in [-0.15, -0.1) is 23.5 Å². The van der Waals surface area contributed by atoms with Crippen LogP contribution in [0.1, 0.15) is 40.7 Å². The lowest BCUT2D eigenvalue weighted by Crippen LogP contribution is -2.36. The summed E-state index contributed by atoms with van der Waals surface area (Å²) >= 11 is 3.19. The number of nitrogens with zero attached hydrogens (tertiary/aromatic N) is 1. The van der Waals surface area contributed by atoms with Crippen LogP contribution in [0.15, 0.2) is 81.4 Å². The number of nitrogens with one attached hydrogen (secondary N) is 1. The van der Waals surface area contributed by atoms with Gasteiger partial charge in [-0.3, -0.25) is 9.52 Å². The second-order valence-corrected chi connectivity index (χ2v) is 12.2. The number of likely N-dealkylation sites (tertiary alicyclic amines) is 1. The Morgan fingerprint density at radius 2 is 1.71 bits per heavy atom. The van der Waals surface area contributed by atoms with Crippen molar-refractivity contribution in [3.05, 3.63) is 83.4 Å². The minimum absolute atomic E-state index is 0.0949. The molecule has 0 saturated carbocycles. The number of carbonyl (C=O) groups is 1. The number of thioether (sulfide) groups is 2. The molecule has 184 valence electrons. The summed E-state index contributed by atoms with van der Waals surface area (Å²) in [6, 6.07) is 20.8. The van der Waals surface area contributed by atoms with Crippen molar-refractivity contribution < 1.29 is 13.2 Å². The lowest BCUT2D eigenvalue weighted by Gasteiger charge is -2.27. The summed E-state index contributed by atoms with van der Waals surface area (Å²) in [6.07, 6.45) is 4.99. The van der Waals surface area contributed by atoms with Gasteiger partial charge in [0.2, 0.25) is 0 Å². The molecule has 8 heteroatoms. The summed E-state index contributed by atoms with van der Waals surface area (Å²) in [5.41, 5.74) is 2.96. The fourth-order valence-corrected chi connectivity index (χ4v) is 6.70. The Hall–Kier alpha value is -2.42. The quantitative estimate of drug-likeness (QED) is 0.342. The summed E-state index contributed by atoms with van der Waals surface area (Å²) < 4.78 is 29.2. The van der Waals surface area contributed by atoms with Crippen molar-refractivity contribution in [2.24, 2.45) is 0 Å². The highest BCUT2D eigenvalue weighted by atomic mass is 32.2. The van der Waals surface area contributed by atoms with Crippen molar-refractivity contribution in [1.82, 2.24) is 4.90 Å². The predicted molar refractivity (Wildman–Crippen MR) is 146 cm³/mol. The summed E-state index contributed by atoms with van der Waals surface area (Å²) in [5, 5.41) is 0. The van der Waals surface area contributed by atoms with E-state index >= 15 is 0 Å². The fraction of sp³-hybridized carbons (Fsp3) is 0.296. The molecule has 1 saturated heterocycles. The largest absolute Gasteiger partial charge is 0.339 e. The zero-order chi connectivity index (χ0) is 24.8. The van der Waals surface area contributed by atoms with Crippen molar-refractivity contribution in [3.8, 4) is 0 Å². The van der Waals surface area contributed by atoms with Gasteiger partial charge in [-0.25, -0.2) is 8.42 Å². The average Bonchev–Trinajstić information content (AvgIpc) is 2.89. The van der Waals surface area contributed by atoms with E-state index in [1.165, 1.54) is 22.7 Å². The van der Waals surface area contributed by atoms with Gasteiger partial charge in [-0.05, 0) is 80.0 Å². The minimum atomic E-state index is -3.85. The third kappa shape index (κ3) is 6.42. The summed E-state index contributed by atoms with van der Waals surface area (Å²) in [6.45, 7) is 3.34. The molecule has 0 bridgehead atoms. The number of piperidine rings is 1. The number of hydrogen-bond donors (Lipinski definition) is 1. The molecule has 4 rings (SSSR count). The zero-order valence-electron chi connectivity index (χ0n) is 20.0. The van der Waals surface area contributed by atoms with E-state index in [0.29, 0.717) is 11.3 Å². The van der Waals surface area contributed by atoms with E-state index in [9.17, 15) is 13.2 Å². The molecule has 1 aliphatic heterocycles. The monoisotopic (exact) mass is 526 g/mol. The minimum Gasteiger partial charge on any atom is -0.339 e. The maximum absolute atomic E-state index is 13.3. The van der Waals surface area contributed by atoms with Crippen molar-refractivity contribution in [3.63, 3.8) is 0 Å². The Balaban J connectivity index is 1.52. The van der Waals surface area contributed by atoms with Crippen molar-refractivity contribution >= 4 is 45.1 Å². The van der Waals surface area contributed by atoms with Gasteiger partial charge in [0.1, 0.15) is 0 Å². The highest BCUT2D eigenvalue weighted by Gasteiger charge is 2.24. The van der Waals surface area contributed by atoms with E-state index in [-0.39, 0.29) is 10.8 Å². The first kappa shape index (κ1) is 25.7. The molecule has 1 aliphatic rings. The summed E-state index contributed by atoms with van der Waals surface area (Å²) in [7, 11) is -3.85. The molecule has 35 heavy (non-hydrogen) atoms. The van der Waals surface area contributed by atoms with Crippen LogP contribution in [-0.2, 0) is 15.8 Å². The van der Waals surface area contributed by atoms with Gasteiger partial charge in [0.25, 0.3) is 15.9 Å². The number of hydrogen-bond acceptors (Lipinski definition) is 5. The van der Waals surface area contributed by atoms with E-state index in [4.69, 9.17) is 0 Å². The van der Waals surface area contributed by atoms with E-state index in [0.717, 1.165) is 54.1 Å². The van der Waals surface area contributed by atoms with Crippen LogP contribution in [0.4, 0.5) is 5.69 Å². The Morgan fingerprint density at radius 3 is 2.40 bits per heavy atom. The van der Waals surface area contributed by atoms with Crippen LogP contribution >= 0.6 is 23.5 Å². The van der Waals surface area contributed by atoms with Gasteiger partial charge in [-0.1, -0.05) is 30.3 Å². The van der Waals surface area contributed by atoms with E-state index in [1.54, 1.807) is 23.9 Å². The van der Waals surface area contributed by atoms with Crippen LogP contribution < -0.4 is 4.72 Å². The van der Waals surface area contributed by atoms with Gasteiger partial charge in [-0.2, -0.15) is 0 Å². The van der Waals surface area contributed by atoms with Crippen LogP contribution in [0.3, 0.4) is 0 Å². The Morgan fingerprint density at radius 1 is 0.971 bits per heavy atom. The number of amides is 1. The first-order chi connectivity index (χ1) is 16.9. The predicted octanol–water partition coefficient (Wildman–Crippen LogP) is 6.44. The van der Waals surface area contributed by atoms with E-state index < -0.39 is 10.0 Å². The molecule has 1 heterocycles. The SMILES string of the molecule is CSc1ccc(S(=O)(=O)Nc2ccc(CSc3ccccc3)cc2C)cc1C(=O)N1CCCCC1. The molecule has 0 spiro atoms. The molecule has 0 atom stereocenters. The molecule has 0 aromatic heterocycles. The first-order valence-corrected chi connectivity index (χ1v) is 15.3. The lowest BCUT2D eigenvalue weighted by molar-refractivity contribution is 0.0720. The Kier molecular flexibility index (Phi) is 8.46. The van der Waals surface area contributed by atoms with Crippen molar-refractivity contribution in [2.45, 2.75) is 46.6 Å². The first-order valence-electron chi connectivity index (χ1n) is 11.6. The van der Waals surface area contributed by atoms with Crippen molar-refractivity contribution in [1.29, 1.82) is 0 Å². The standard InChI is InChI=1S/C27H30N2O3S3/c1-20-17-21(19-34-22-9-5-3-6-10-22)11-13-25(20)28-35(31,32)23-12-14-26(33-2)24(18-23)27(30)29-15-7-4-8-16-29/h3,5-6,9-14,17-18,28H,4,7-8,15-16,19H2,1-2H3. The highest BCUT2D eigenvalue weighted by Crippen LogP contribution is 2.29. The molecule has 3 aromatic carbocycles. The smallest absolute Gasteiger partial charge is 0.261 e. The van der Waals surface area contributed by atoms with E-state index in [1.807, 2.05) is 54.5 Å². The van der Waals surface area contributed by atoms with Gasteiger partial charge >= 0.3 is 0 Å². The molecule has 1 amide bonds. The summed E-state index contributed by atoms with van der Waals surface area (Å²) in [5.74, 6) is 0.707. The lowest BCUT2D eigenvalue weighted by atomic mass is 10.1. The van der Waals surface area contributed by atoms with Crippen LogP contribution in [0, 0.1) is 6.92 Å². The van der Waals surface area contributed by atoms with Crippen molar-refractivity contribution in [2.75, 3.05) is 24.1 Å². The highest BCUT2D eigenvalue weighted by molar-refractivity contribution is 7.98. The second-order valence-electron chi connectivity index (χ2n) is 8.57. The third-order valence-corrected chi connectivity index (χ3v) is 9.28. The molecule has 1 N–H and O–H groups in total. The van der Waals surface area contributed by atoms with Gasteiger partial charge < -0.3 is 4.90 Å². The van der Waals surface area contributed by atoms with Gasteiger partial charge in [0.05, 0.1) is 16.1 Å². The fourth-order valence-electron chi connectivity index (χ4n) is 4.11.